The number of aromatic nitrogens is 2. The minimum atomic E-state index is 0.763. The molecule has 0 fully saturated rings. The van der Waals surface area contributed by atoms with Gasteiger partial charge < -0.3 is 5.32 Å². The Morgan fingerprint density at radius 3 is 1.67 bits per heavy atom. The third kappa shape index (κ3) is 4.51. The summed E-state index contributed by atoms with van der Waals surface area (Å²) >= 11 is 0. The quantitative estimate of drug-likeness (QED) is 0.256. The van der Waals surface area contributed by atoms with Crippen molar-refractivity contribution >= 4 is 33.2 Å². The SMILES string of the molecule is c1ccc(-c2ccc(-c3nc(Nc4nc(-c5ccccc5)cc5ccccc45)cc4ccccc34)cc2)cc1. The molecule has 3 nitrogen and oxygen atoms in total. The van der Waals surface area contributed by atoms with Crippen LogP contribution in [-0.4, -0.2) is 9.97 Å². The highest BCUT2D eigenvalue weighted by molar-refractivity contribution is 5.99. The summed E-state index contributed by atoms with van der Waals surface area (Å²) in [5.74, 6) is 1.55. The Hall–Kier alpha value is -5.28. The van der Waals surface area contributed by atoms with Gasteiger partial charge in [0.15, 0.2) is 0 Å². The molecule has 184 valence electrons. The van der Waals surface area contributed by atoms with E-state index in [-0.39, 0.29) is 0 Å². The number of nitrogens with one attached hydrogen (secondary N) is 1. The predicted octanol–water partition coefficient (Wildman–Crippen LogP) is 9.53. The van der Waals surface area contributed by atoms with Crippen molar-refractivity contribution in [2.45, 2.75) is 0 Å². The largest absolute Gasteiger partial charge is 0.324 e. The molecule has 2 aromatic heterocycles. The summed E-state index contributed by atoms with van der Waals surface area (Å²) in [5.41, 5.74) is 6.41. The zero-order chi connectivity index (χ0) is 26.0. The maximum Gasteiger partial charge on any atom is 0.140 e. The first-order valence-electron chi connectivity index (χ1n) is 13.1. The van der Waals surface area contributed by atoms with E-state index in [2.05, 4.69) is 121 Å². The molecule has 0 aliphatic heterocycles. The van der Waals surface area contributed by atoms with Crippen molar-refractivity contribution in [1.82, 2.24) is 9.97 Å². The fourth-order valence-electron chi connectivity index (χ4n) is 5.11. The lowest BCUT2D eigenvalue weighted by Crippen LogP contribution is -2.00. The van der Waals surface area contributed by atoms with Crippen molar-refractivity contribution in [1.29, 1.82) is 0 Å². The Labute approximate surface area is 227 Å². The van der Waals surface area contributed by atoms with E-state index in [0.29, 0.717) is 0 Å². The average Bonchev–Trinajstić information content (AvgIpc) is 3.01. The van der Waals surface area contributed by atoms with Gasteiger partial charge in [-0.25, -0.2) is 9.97 Å². The van der Waals surface area contributed by atoms with Crippen molar-refractivity contribution in [2.24, 2.45) is 0 Å². The molecule has 0 unspecified atom stereocenters. The maximum absolute atomic E-state index is 5.13. The minimum Gasteiger partial charge on any atom is -0.324 e. The minimum absolute atomic E-state index is 0.763. The molecule has 0 radical (unpaired) electrons. The number of anilines is 2. The van der Waals surface area contributed by atoms with Gasteiger partial charge in [-0.1, -0.05) is 133 Å². The van der Waals surface area contributed by atoms with Gasteiger partial charge >= 0.3 is 0 Å². The molecule has 7 aromatic rings. The highest BCUT2D eigenvalue weighted by atomic mass is 15.1. The number of benzene rings is 5. The Kier molecular flexibility index (Phi) is 5.80. The molecule has 0 aliphatic carbocycles. The smallest absolute Gasteiger partial charge is 0.140 e. The van der Waals surface area contributed by atoms with Gasteiger partial charge in [-0.2, -0.15) is 0 Å². The van der Waals surface area contributed by atoms with E-state index in [0.717, 1.165) is 55.7 Å². The first-order valence-corrected chi connectivity index (χ1v) is 13.1. The number of nitrogens with zero attached hydrogens (tertiary/aromatic N) is 2. The first kappa shape index (κ1) is 22.9. The number of pyridine rings is 2. The molecule has 1 N–H and O–H groups in total. The molecule has 0 bridgehead atoms. The molecule has 7 rings (SSSR count). The normalized spacial score (nSPS) is 11.1. The van der Waals surface area contributed by atoms with Crippen LogP contribution < -0.4 is 5.32 Å². The third-order valence-corrected chi connectivity index (χ3v) is 7.06. The van der Waals surface area contributed by atoms with Crippen LogP contribution in [0.5, 0.6) is 0 Å². The van der Waals surface area contributed by atoms with Gasteiger partial charge in [-0.15, -0.1) is 0 Å². The number of hydrogen-bond donors (Lipinski definition) is 1. The second-order valence-corrected chi connectivity index (χ2v) is 9.59. The van der Waals surface area contributed by atoms with Crippen molar-refractivity contribution in [3.8, 4) is 33.6 Å². The molecule has 0 saturated heterocycles. The third-order valence-electron chi connectivity index (χ3n) is 7.06. The lowest BCUT2D eigenvalue weighted by molar-refractivity contribution is 1.28. The lowest BCUT2D eigenvalue weighted by atomic mass is 10.00. The summed E-state index contributed by atoms with van der Waals surface area (Å²) in [6.07, 6.45) is 0. The van der Waals surface area contributed by atoms with Crippen molar-refractivity contribution in [2.75, 3.05) is 5.32 Å². The maximum atomic E-state index is 5.13. The molecule has 39 heavy (non-hydrogen) atoms. The van der Waals surface area contributed by atoms with Crippen LogP contribution in [0.2, 0.25) is 0 Å². The molecule has 3 heteroatoms. The molecule has 5 aromatic carbocycles. The standard InChI is InChI=1S/C36H25N3/c1-3-11-25(12-4-1)26-19-21-28(22-20-26)35-31-17-9-7-16-30(31)24-34(38-35)39-36-32-18-10-8-15-29(32)23-33(37-36)27-13-5-2-6-14-27/h1-24H,(H,37,38,39). The van der Waals surface area contributed by atoms with Crippen LogP contribution in [0.15, 0.2) is 146 Å². The molecular formula is C36H25N3. The van der Waals surface area contributed by atoms with E-state index >= 15 is 0 Å². The summed E-state index contributed by atoms with van der Waals surface area (Å²) < 4.78 is 0. The van der Waals surface area contributed by atoms with Crippen LogP contribution in [0.4, 0.5) is 11.6 Å². The van der Waals surface area contributed by atoms with Crippen molar-refractivity contribution in [3.05, 3.63) is 146 Å². The van der Waals surface area contributed by atoms with Crippen LogP contribution in [-0.2, 0) is 0 Å². The summed E-state index contributed by atoms with van der Waals surface area (Å²) in [5, 5.41) is 8.00. The molecular weight excluding hydrogens is 474 g/mol. The van der Waals surface area contributed by atoms with Crippen LogP contribution in [0.3, 0.4) is 0 Å². The molecule has 0 amide bonds. The van der Waals surface area contributed by atoms with Gasteiger partial charge in [0.05, 0.1) is 11.4 Å². The van der Waals surface area contributed by atoms with Crippen LogP contribution in [0, 0.1) is 0 Å². The van der Waals surface area contributed by atoms with E-state index in [1.165, 1.54) is 11.1 Å². The molecule has 2 heterocycles. The summed E-state index contributed by atoms with van der Waals surface area (Å²) in [6.45, 7) is 0. The van der Waals surface area contributed by atoms with Gasteiger partial charge in [0, 0.05) is 21.9 Å². The predicted molar refractivity (Wildman–Crippen MR) is 163 cm³/mol. The van der Waals surface area contributed by atoms with Crippen LogP contribution in [0.1, 0.15) is 0 Å². The summed E-state index contributed by atoms with van der Waals surface area (Å²) in [6, 6.07) is 50.4. The highest BCUT2D eigenvalue weighted by Gasteiger charge is 2.12. The van der Waals surface area contributed by atoms with E-state index < -0.39 is 0 Å². The summed E-state index contributed by atoms with van der Waals surface area (Å²) in [7, 11) is 0. The number of fused-ring (bicyclic) bond motifs is 2. The highest BCUT2D eigenvalue weighted by Crippen LogP contribution is 2.34. The van der Waals surface area contributed by atoms with E-state index in [1.54, 1.807) is 0 Å². The van der Waals surface area contributed by atoms with Gasteiger partial charge in [-0.05, 0) is 34.0 Å². The monoisotopic (exact) mass is 499 g/mol. The first-order chi connectivity index (χ1) is 19.3. The fourth-order valence-corrected chi connectivity index (χ4v) is 5.11. The number of rotatable bonds is 5. The zero-order valence-electron chi connectivity index (χ0n) is 21.3. The summed E-state index contributed by atoms with van der Waals surface area (Å²) in [4.78, 5) is 10.2. The topological polar surface area (TPSA) is 37.8 Å². The Morgan fingerprint density at radius 2 is 0.949 bits per heavy atom. The van der Waals surface area contributed by atoms with Crippen LogP contribution in [0.25, 0.3) is 55.2 Å². The van der Waals surface area contributed by atoms with Gasteiger partial charge in [0.1, 0.15) is 11.6 Å². The second kappa shape index (κ2) is 9.88. The Balaban J connectivity index is 1.33. The molecule has 0 spiro atoms. The van der Waals surface area contributed by atoms with E-state index in [9.17, 15) is 0 Å². The Bertz CT molecular complexity index is 1910. The van der Waals surface area contributed by atoms with Gasteiger partial charge in [0.2, 0.25) is 0 Å². The van der Waals surface area contributed by atoms with E-state index in [4.69, 9.17) is 9.97 Å². The number of hydrogen-bond acceptors (Lipinski definition) is 3. The molecule has 0 aliphatic rings. The van der Waals surface area contributed by atoms with Crippen LogP contribution >= 0.6 is 0 Å². The second-order valence-electron chi connectivity index (χ2n) is 9.59. The molecule has 0 atom stereocenters. The average molecular weight is 500 g/mol. The van der Waals surface area contributed by atoms with Gasteiger partial charge in [-0.3, -0.25) is 0 Å². The lowest BCUT2D eigenvalue weighted by Gasteiger charge is -2.14. The molecule has 0 saturated carbocycles. The van der Waals surface area contributed by atoms with Gasteiger partial charge in [0.25, 0.3) is 0 Å². The Morgan fingerprint density at radius 1 is 0.410 bits per heavy atom. The van der Waals surface area contributed by atoms with E-state index in [1.807, 2.05) is 30.3 Å². The zero-order valence-corrected chi connectivity index (χ0v) is 21.3. The van der Waals surface area contributed by atoms with Crippen molar-refractivity contribution < 1.29 is 0 Å². The fraction of sp³-hybridized carbons (Fsp3) is 0. The van der Waals surface area contributed by atoms with Crippen molar-refractivity contribution in [3.63, 3.8) is 0 Å².